The summed E-state index contributed by atoms with van der Waals surface area (Å²) in [6, 6.07) is 13.7. The molecule has 0 aliphatic carbocycles. The molecule has 0 bridgehead atoms. The Labute approximate surface area is 206 Å². The van der Waals surface area contributed by atoms with Crippen LogP contribution in [-0.2, 0) is 17.9 Å². The predicted molar refractivity (Wildman–Crippen MR) is 121 cm³/mol. The lowest BCUT2D eigenvalue weighted by Gasteiger charge is -2.22. The number of halogens is 6. The largest absolute Gasteiger partial charge is 0.487 e. The quantitative estimate of drug-likeness (QED) is 0.277. The molecular formula is C24H16ClF5N4O2. The zero-order chi connectivity index (χ0) is 25.9. The van der Waals surface area contributed by atoms with Crippen molar-refractivity contribution in [2.24, 2.45) is 0 Å². The molecule has 1 amide bonds. The second-order valence-corrected chi connectivity index (χ2v) is 7.85. The molecule has 0 N–H and O–H groups in total. The van der Waals surface area contributed by atoms with Gasteiger partial charge in [0, 0.05) is 23.5 Å². The number of rotatable bonds is 7. The van der Waals surface area contributed by atoms with Gasteiger partial charge in [-0.2, -0.15) is 18.3 Å². The van der Waals surface area contributed by atoms with Crippen LogP contribution in [0.4, 0.5) is 33.5 Å². The van der Waals surface area contributed by atoms with Crippen molar-refractivity contribution in [3.8, 4) is 5.75 Å². The van der Waals surface area contributed by atoms with Crippen molar-refractivity contribution in [3.05, 3.63) is 101 Å². The molecule has 0 saturated heterocycles. The minimum Gasteiger partial charge on any atom is -0.487 e. The maximum absolute atomic E-state index is 14.3. The Hall–Kier alpha value is -3.99. The van der Waals surface area contributed by atoms with Gasteiger partial charge in [-0.15, -0.1) is 0 Å². The lowest BCUT2D eigenvalue weighted by Crippen LogP contribution is -2.39. The number of para-hydroxylation sites is 1. The van der Waals surface area contributed by atoms with Gasteiger partial charge >= 0.3 is 12.1 Å². The van der Waals surface area contributed by atoms with Crippen molar-refractivity contribution in [2.45, 2.75) is 19.3 Å². The Kier molecular flexibility index (Phi) is 7.20. The average molecular weight is 523 g/mol. The van der Waals surface area contributed by atoms with Crippen LogP contribution in [0.5, 0.6) is 5.75 Å². The number of nitrogens with zero attached hydrogens (tertiary/aromatic N) is 4. The van der Waals surface area contributed by atoms with E-state index >= 15 is 0 Å². The molecule has 0 saturated carbocycles. The van der Waals surface area contributed by atoms with E-state index < -0.39 is 35.2 Å². The number of anilines is 2. The number of amides is 1. The number of benzene rings is 2. The third-order valence-corrected chi connectivity index (χ3v) is 5.29. The first kappa shape index (κ1) is 25.1. The summed E-state index contributed by atoms with van der Waals surface area (Å²) in [4.78, 5) is 16.1. The zero-order valence-corrected chi connectivity index (χ0v) is 19.0. The molecule has 2 heterocycles. The van der Waals surface area contributed by atoms with Crippen LogP contribution in [0, 0.1) is 11.6 Å². The predicted octanol–water partition coefficient (Wildman–Crippen LogP) is 6.06. The molecule has 4 rings (SSSR count). The molecule has 0 aliphatic rings. The van der Waals surface area contributed by atoms with E-state index in [0.29, 0.717) is 22.0 Å². The van der Waals surface area contributed by atoms with Crippen LogP contribution in [0.25, 0.3) is 0 Å². The summed E-state index contributed by atoms with van der Waals surface area (Å²) >= 11 is 6.26. The van der Waals surface area contributed by atoms with Gasteiger partial charge in [-0.3, -0.25) is 14.5 Å². The lowest BCUT2D eigenvalue weighted by molar-refractivity contribution is -0.169. The van der Waals surface area contributed by atoms with Gasteiger partial charge < -0.3 is 4.74 Å². The molecular weight excluding hydrogens is 507 g/mol. The molecule has 12 heteroatoms. The third-order valence-electron chi connectivity index (χ3n) is 4.92. The van der Waals surface area contributed by atoms with Gasteiger partial charge in [-0.1, -0.05) is 23.7 Å². The summed E-state index contributed by atoms with van der Waals surface area (Å²) in [6.45, 7) is 0.157. The molecule has 0 fully saturated rings. The van der Waals surface area contributed by atoms with E-state index in [1.165, 1.54) is 10.9 Å². The highest BCUT2D eigenvalue weighted by molar-refractivity contribution is 6.31. The second-order valence-electron chi connectivity index (χ2n) is 7.44. The van der Waals surface area contributed by atoms with Gasteiger partial charge in [0.2, 0.25) is 0 Å². The summed E-state index contributed by atoms with van der Waals surface area (Å²) in [6.07, 6.45) is -2.54. The minimum absolute atomic E-state index is 0.0343. The topological polar surface area (TPSA) is 60.2 Å². The first-order chi connectivity index (χ1) is 17.1. The van der Waals surface area contributed by atoms with Crippen molar-refractivity contribution in [2.75, 3.05) is 4.90 Å². The highest BCUT2D eigenvalue weighted by Crippen LogP contribution is 2.34. The van der Waals surface area contributed by atoms with E-state index in [-0.39, 0.29) is 18.1 Å². The van der Waals surface area contributed by atoms with Gasteiger partial charge in [0.05, 0.1) is 12.2 Å². The first-order valence-electron chi connectivity index (χ1n) is 10.3. The molecule has 6 nitrogen and oxygen atoms in total. The monoisotopic (exact) mass is 522 g/mol. The molecule has 0 aliphatic heterocycles. The normalized spacial score (nSPS) is 11.4. The van der Waals surface area contributed by atoms with Gasteiger partial charge in [0.15, 0.2) is 5.82 Å². The highest BCUT2D eigenvalue weighted by atomic mass is 35.5. The third kappa shape index (κ3) is 5.62. The minimum atomic E-state index is -5.42. The van der Waals surface area contributed by atoms with Gasteiger partial charge in [-0.05, 0) is 48.0 Å². The smallest absolute Gasteiger partial charge is 0.472 e. The number of pyridine rings is 1. The van der Waals surface area contributed by atoms with Crippen LogP contribution < -0.4 is 9.64 Å². The highest BCUT2D eigenvalue weighted by Gasteiger charge is 2.46. The molecule has 0 unspecified atom stereocenters. The van der Waals surface area contributed by atoms with Crippen LogP contribution in [0.15, 0.2) is 73.1 Å². The van der Waals surface area contributed by atoms with Crippen molar-refractivity contribution in [1.82, 2.24) is 14.8 Å². The number of ether oxygens (including phenoxy) is 1. The van der Waals surface area contributed by atoms with Crippen LogP contribution in [0.3, 0.4) is 0 Å². The summed E-state index contributed by atoms with van der Waals surface area (Å²) in [5.41, 5.74) is 0.00384. The average Bonchev–Trinajstić information content (AvgIpc) is 3.29. The van der Waals surface area contributed by atoms with Crippen molar-refractivity contribution < 1.29 is 31.5 Å². The maximum Gasteiger partial charge on any atom is 0.472 e. The number of alkyl halides is 3. The Balaban J connectivity index is 1.60. The van der Waals surface area contributed by atoms with Crippen LogP contribution in [-0.4, -0.2) is 26.8 Å². The van der Waals surface area contributed by atoms with Crippen molar-refractivity contribution >= 4 is 29.0 Å². The maximum atomic E-state index is 14.3. The molecule has 2 aromatic carbocycles. The summed E-state index contributed by atoms with van der Waals surface area (Å²) in [7, 11) is 0. The fraction of sp³-hybridized carbons (Fsp3) is 0.125. The first-order valence-corrected chi connectivity index (χ1v) is 10.7. The molecule has 2 aromatic heterocycles. The summed E-state index contributed by atoms with van der Waals surface area (Å²) in [5, 5.41) is 4.26. The number of carbonyl (C=O) groups is 1. The van der Waals surface area contributed by atoms with E-state index in [2.05, 4.69) is 10.1 Å². The van der Waals surface area contributed by atoms with Crippen molar-refractivity contribution in [3.63, 3.8) is 0 Å². The fourth-order valence-corrected chi connectivity index (χ4v) is 3.46. The summed E-state index contributed by atoms with van der Waals surface area (Å²) < 4.78 is 75.3. The van der Waals surface area contributed by atoms with Gasteiger partial charge in [-0.25, -0.2) is 13.7 Å². The number of hydrogen-bond acceptors (Lipinski definition) is 4. The molecule has 0 radical (unpaired) electrons. The van der Waals surface area contributed by atoms with Crippen molar-refractivity contribution in [1.29, 1.82) is 0 Å². The SMILES string of the molecule is O=C(N(c1ccn(Cc2cc(OCc3ccccn3)ccc2Cl)n1)c1c(F)cccc1F)C(F)(F)F. The van der Waals surface area contributed by atoms with Crippen LogP contribution in [0.2, 0.25) is 5.02 Å². The number of hydrogen-bond donors (Lipinski definition) is 0. The number of carbonyl (C=O) groups excluding carboxylic acids is 1. The molecule has 4 aromatic rings. The van der Waals surface area contributed by atoms with Crippen LogP contribution in [0.1, 0.15) is 11.3 Å². The van der Waals surface area contributed by atoms with E-state index in [9.17, 15) is 26.7 Å². The summed E-state index contributed by atoms with van der Waals surface area (Å²) in [5.74, 6) is -5.39. The van der Waals surface area contributed by atoms with Gasteiger partial charge in [0.25, 0.3) is 0 Å². The Bertz CT molecular complexity index is 1360. The Morgan fingerprint density at radius 3 is 2.44 bits per heavy atom. The lowest BCUT2D eigenvalue weighted by atomic mass is 10.2. The molecule has 36 heavy (non-hydrogen) atoms. The molecule has 0 atom stereocenters. The molecule has 186 valence electrons. The fourth-order valence-electron chi connectivity index (χ4n) is 3.29. The molecule has 0 spiro atoms. The van der Waals surface area contributed by atoms with E-state index in [0.717, 1.165) is 24.3 Å². The van der Waals surface area contributed by atoms with E-state index in [4.69, 9.17) is 16.3 Å². The van der Waals surface area contributed by atoms with E-state index in [1.807, 2.05) is 6.07 Å². The number of aromatic nitrogens is 3. The Morgan fingerprint density at radius 2 is 1.78 bits per heavy atom. The zero-order valence-electron chi connectivity index (χ0n) is 18.2. The Morgan fingerprint density at radius 1 is 1.03 bits per heavy atom. The van der Waals surface area contributed by atoms with Crippen LogP contribution >= 0.6 is 11.6 Å². The van der Waals surface area contributed by atoms with Gasteiger partial charge in [0.1, 0.15) is 29.7 Å². The second kappa shape index (κ2) is 10.3. The standard InChI is InChI=1S/C24H16ClF5N4O2/c25-18-8-7-17(36-14-16-4-1-2-10-31-16)12-15(18)13-33-11-9-21(32-33)34(23(35)24(28,29)30)22-19(26)5-3-6-20(22)27/h1-12H,13-14H2. The van der Waals surface area contributed by atoms with E-state index in [1.54, 1.807) is 36.5 Å².